The van der Waals surface area contributed by atoms with E-state index in [1.165, 1.54) is 17.7 Å². The molecule has 1 aromatic heterocycles. The summed E-state index contributed by atoms with van der Waals surface area (Å²) in [5, 5.41) is 3.30. The normalized spacial score (nSPS) is 12.4. The predicted octanol–water partition coefficient (Wildman–Crippen LogP) is 3.79. The molecule has 0 radical (unpaired) electrons. The number of hydrogen-bond acceptors (Lipinski definition) is 3. The topological polar surface area (TPSA) is 24.9 Å². The maximum atomic E-state index is 4.36. The molecule has 1 rings (SSSR count). The van der Waals surface area contributed by atoms with Crippen molar-refractivity contribution in [3.63, 3.8) is 0 Å². The summed E-state index contributed by atoms with van der Waals surface area (Å²) in [6.07, 6.45) is 3.11. The summed E-state index contributed by atoms with van der Waals surface area (Å²) in [6, 6.07) is 4.18. The number of aromatic nitrogens is 1. The van der Waals surface area contributed by atoms with Crippen LogP contribution in [0, 0.1) is 5.92 Å². The number of pyridine rings is 1. The van der Waals surface area contributed by atoms with Gasteiger partial charge in [-0.15, -0.1) is 0 Å². The van der Waals surface area contributed by atoms with Crippen LogP contribution in [0.25, 0.3) is 0 Å². The number of anilines is 1. The van der Waals surface area contributed by atoms with E-state index in [1.807, 2.05) is 24.0 Å². The average molecular weight is 238 g/mol. The quantitative estimate of drug-likeness (QED) is 0.782. The molecule has 0 aliphatic carbocycles. The summed E-state index contributed by atoms with van der Waals surface area (Å²) >= 11 is 2.00. The Bertz CT molecular complexity index is 302. The minimum Gasteiger partial charge on any atom is -0.370 e. The molecule has 0 saturated carbocycles. The van der Waals surface area contributed by atoms with Crippen LogP contribution in [0.15, 0.2) is 18.3 Å². The third kappa shape index (κ3) is 4.44. The largest absolute Gasteiger partial charge is 0.370 e. The lowest BCUT2D eigenvalue weighted by molar-refractivity contribution is 0.637. The highest BCUT2D eigenvalue weighted by Gasteiger charge is 2.04. The highest BCUT2D eigenvalue weighted by Crippen LogP contribution is 2.21. The van der Waals surface area contributed by atoms with Gasteiger partial charge in [0.25, 0.3) is 0 Å². The molecular formula is C13H22N2S. The molecule has 0 aliphatic rings. The second-order valence-electron chi connectivity index (χ2n) is 4.07. The fourth-order valence-corrected chi connectivity index (χ4v) is 2.58. The molecule has 0 saturated heterocycles. The highest BCUT2D eigenvalue weighted by atomic mass is 32.2. The molecule has 3 heteroatoms. The first-order valence-corrected chi connectivity index (χ1v) is 7.18. The van der Waals surface area contributed by atoms with Crippen LogP contribution < -0.4 is 5.32 Å². The van der Waals surface area contributed by atoms with Crippen LogP contribution in [-0.4, -0.2) is 17.3 Å². The van der Waals surface area contributed by atoms with E-state index in [0.717, 1.165) is 24.0 Å². The number of nitrogens with one attached hydrogen (secondary N) is 1. The third-order valence-electron chi connectivity index (χ3n) is 2.59. The second-order valence-corrected chi connectivity index (χ2v) is 5.10. The molecule has 0 amide bonds. The summed E-state index contributed by atoms with van der Waals surface area (Å²) in [4.78, 5) is 4.36. The molecule has 0 bridgehead atoms. The first kappa shape index (κ1) is 13.4. The van der Waals surface area contributed by atoms with Gasteiger partial charge in [0, 0.05) is 24.1 Å². The zero-order valence-electron chi connectivity index (χ0n) is 10.5. The summed E-state index contributed by atoms with van der Waals surface area (Å²) in [7, 11) is 0. The Labute approximate surface area is 103 Å². The Morgan fingerprint density at radius 1 is 1.44 bits per heavy atom. The molecule has 1 aromatic rings. The van der Waals surface area contributed by atoms with Crippen LogP contribution in [-0.2, 0) is 5.75 Å². The van der Waals surface area contributed by atoms with E-state index >= 15 is 0 Å². The molecule has 1 atom stereocenters. The minimum atomic E-state index is 0.809. The fourth-order valence-electron chi connectivity index (χ4n) is 1.37. The molecule has 0 fully saturated rings. The van der Waals surface area contributed by atoms with Gasteiger partial charge in [-0.05, 0) is 24.7 Å². The summed E-state index contributed by atoms with van der Waals surface area (Å²) in [5.74, 6) is 4.14. The van der Waals surface area contributed by atoms with Gasteiger partial charge in [-0.1, -0.05) is 26.3 Å². The highest BCUT2D eigenvalue weighted by molar-refractivity contribution is 7.98. The average Bonchev–Trinajstić information content (AvgIpc) is 2.31. The van der Waals surface area contributed by atoms with E-state index in [1.54, 1.807) is 0 Å². The Hall–Kier alpha value is -0.700. The lowest BCUT2D eigenvalue weighted by Gasteiger charge is -2.11. The molecule has 90 valence electrons. The summed E-state index contributed by atoms with van der Waals surface area (Å²) < 4.78 is 0. The van der Waals surface area contributed by atoms with Crippen molar-refractivity contribution in [2.45, 2.75) is 32.9 Å². The number of hydrogen-bond donors (Lipinski definition) is 1. The Morgan fingerprint density at radius 3 is 2.94 bits per heavy atom. The van der Waals surface area contributed by atoms with Crippen LogP contribution in [0.5, 0.6) is 0 Å². The van der Waals surface area contributed by atoms with Crippen molar-refractivity contribution < 1.29 is 0 Å². The summed E-state index contributed by atoms with van der Waals surface area (Å²) in [5.41, 5.74) is 1.32. The Kier molecular flexibility index (Phi) is 6.31. The van der Waals surface area contributed by atoms with Crippen molar-refractivity contribution in [2.24, 2.45) is 5.92 Å². The Morgan fingerprint density at radius 2 is 2.25 bits per heavy atom. The Balaban J connectivity index is 2.46. The van der Waals surface area contributed by atoms with Crippen molar-refractivity contribution in [3.05, 3.63) is 23.9 Å². The van der Waals surface area contributed by atoms with Crippen LogP contribution in [0.3, 0.4) is 0 Å². The van der Waals surface area contributed by atoms with Gasteiger partial charge >= 0.3 is 0 Å². The maximum Gasteiger partial charge on any atom is 0.129 e. The minimum absolute atomic E-state index is 0.809. The maximum absolute atomic E-state index is 4.36. The molecule has 1 unspecified atom stereocenters. The van der Waals surface area contributed by atoms with Crippen LogP contribution in [0.2, 0.25) is 0 Å². The van der Waals surface area contributed by atoms with Crippen molar-refractivity contribution in [2.75, 3.05) is 17.6 Å². The first-order valence-electron chi connectivity index (χ1n) is 6.03. The van der Waals surface area contributed by atoms with Gasteiger partial charge in [-0.25, -0.2) is 4.98 Å². The van der Waals surface area contributed by atoms with Gasteiger partial charge < -0.3 is 5.32 Å². The molecule has 0 aliphatic heterocycles. The molecular weight excluding hydrogens is 216 g/mol. The van der Waals surface area contributed by atoms with E-state index in [-0.39, 0.29) is 0 Å². The fraction of sp³-hybridized carbons (Fsp3) is 0.615. The molecule has 1 heterocycles. The monoisotopic (exact) mass is 238 g/mol. The van der Waals surface area contributed by atoms with E-state index < -0.39 is 0 Å². The second kappa shape index (κ2) is 7.55. The zero-order valence-corrected chi connectivity index (χ0v) is 11.3. The van der Waals surface area contributed by atoms with E-state index in [4.69, 9.17) is 0 Å². The van der Waals surface area contributed by atoms with Gasteiger partial charge in [-0.2, -0.15) is 11.8 Å². The van der Waals surface area contributed by atoms with Crippen LogP contribution >= 0.6 is 11.8 Å². The predicted molar refractivity (Wildman–Crippen MR) is 74.0 cm³/mol. The molecule has 2 nitrogen and oxygen atoms in total. The smallest absolute Gasteiger partial charge is 0.129 e. The van der Waals surface area contributed by atoms with Gasteiger partial charge in [-0.3, -0.25) is 0 Å². The number of nitrogens with zero attached hydrogens (tertiary/aromatic N) is 1. The first-order chi connectivity index (χ1) is 7.77. The van der Waals surface area contributed by atoms with Gasteiger partial charge in [0.05, 0.1) is 0 Å². The number of rotatable bonds is 7. The summed E-state index contributed by atoms with van der Waals surface area (Å²) in [6.45, 7) is 7.59. The molecule has 0 spiro atoms. The van der Waals surface area contributed by atoms with Gasteiger partial charge in [0.1, 0.15) is 5.82 Å². The molecule has 16 heavy (non-hydrogen) atoms. The van der Waals surface area contributed by atoms with E-state index in [0.29, 0.717) is 0 Å². The lowest BCUT2D eigenvalue weighted by Crippen LogP contribution is -2.03. The van der Waals surface area contributed by atoms with Crippen molar-refractivity contribution >= 4 is 17.6 Å². The van der Waals surface area contributed by atoms with Gasteiger partial charge in [0.2, 0.25) is 0 Å². The van der Waals surface area contributed by atoms with Crippen molar-refractivity contribution in [1.82, 2.24) is 4.98 Å². The standard InChI is InChI=1S/C13H22N2S/c1-4-11(3)9-16-10-12-7-6-8-15-13(12)14-5-2/h6-8,11H,4-5,9-10H2,1-3H3,(H,14,15). The molecule has 1 N–H and O–H groups in total. The SMILES string of the molecule is CCNc1ncccc1CSCC(C)CC. The molecule has 0 aromatic carbocycles. The van der Waals surface area contributed by atoms with Crippen LogP contribution in [0.4, 0.5) is 5.82 Å². The van der Waals surface area contributed by atoms with Gasteiger partial charge in [0.15, 0.2) is 0 Å². The lowest BCUT2D eigenvalue weighted by atomic mass is 10.2. The zero-order chi connectivity index (χ0) is 11.8. The van der Waals surface area contributed by atoms with Crippen molar-refractivity contribution in [1.29, 1.82) is 0 Å². The number of thioether (sulfide) groups is 1. The third-order valence-corrected chi connectivity index (χ3v) is 3.91. The van der Waals surface area contributed by atoms with E-state index in [9.17, 15) is 0 Å². The van der Waals surface area contributed by atoms with Crippen molar-refractivity contribution in [3.8, 4) is 0 Å². The van der Waals surface area contributed by atoms with E-state index in [2.05, 4.69) is 37.1 Å². The van der Waals surface area contributed by atoms with Crippen LogP contribution in [0.1, 0.15) is 32.8 Å².